The van der Waals surface area contributed by atoms with E-state index >= 15 is 0 Å². The van der Waals surface area contributed by atoms with Gasteiger partial charge in [0.05, 0.1) is 5.02 Å². The van der Waals surface area contributed by atoms with Gasteiger partial charge >= 0.3 is 0 Å². The molecule has 2 atom stereocenters. The molecule has 15 heavy (non-hydrogen) atoms. The van der Waals surface area contributed by atoms with Gasteiger partial charge in [0.25, 0.3) is 0 Å². The Morgan fingerprint density at radius 2 is 2.13 bits per heavy atom. The second-order valence-electron chi connectivity index (χ2n) is 3.88. The number of carbonyl (C=O) groups excluding carboxylic acids is 1. The molecule has 0 aromatic heterocycles. The molecule has 0 heterocycles. The molecule has 3 heteroatoms. The third-order valence-electron chi connectivity index (χ3n) is 2.86. The summed E-state index contributed by atoms with van der Waals surface area (Å²) in [5.74, 6) is 0.561. The molecule has 0 aliphatic heterocycles. The van der Waals surface area contributed by atoms with E-state index in [1.54, 1.807) is 11.8 Å². The smallest absolute Gasteiger partial charge is 0.136 e. The van der Waals surface area contributed by atoms with Gasteiger partial charge in [-0.2, -0.15) is 0 Å². The molecule has 0 amide bonds. The first-order valence-corrected chi connectivity index (χ1v) is 6.38. The Labute approximate surface area is 99.2 Å². The van der Waals surface area contributed by atoms with Crippen molar-refractivity contribution in [3.8, 4) is 0 Å². The SMILES string of the molecule is CC1C(=O)CCC1Sc1ccccc1Cl. The van der Waals surface area contributed by atoms with Gasteiger partial charge in [0.15, 0.2) is 0 Å². The summed E-state index contributed by atoms with van der Waals surface area (Å²) in [5.41, 5.74) is 0. The molecular formula is C12H13ClOS. The Balaban J connectivity index is 2.10. The minimum atomic E-state index is 0.172. The van der Waals surface area contributed by atoms with Gasteiger partial charge in [-0.25, -0.2) is 0 Å². The fourth-order valence-corrected chi connectivity index (χ4v) is 3.36. The Morgan fingerprint density at radius 1 is 1.40 bits per heavy atom. The van der Waals surface area contributed by atoms with E-state index in [9.17, 15) is 4.79 Å². The summed E-state index contributed by atoms with van der Waals surface area (Å²) in [7, 11) is 0. The van der Waals surface area contributed by atoms with Gasteiger partial charge in [0.2, 0.25) is 0 Å². The van der Waals surface area contributed by atoms with Crippen LogP contribution in [-0.4, -0.2) is 11.0 Å². The van der Waals surface area contributed by atoms with Gasteiger partial charge < -0.3 is 0 Å². The molecule has 0 spiro atoms. The zero-order valence-electron chi connectivity index (χ0n) is 8.57. The van der Waals surface area contributed by atoms with Crippen LogP contribution in [0.5, 0.6) is 0 Å². The molecule has 1 aromatic rings. The lowest BCUT2D eigenvalue weighted by molar-refractivity contribution is -0.120. The number of hydrogen-bond acceptors (Lipinski definition) is 2. The minimum Gasteiger partial charge on any atom is -0.299 e. The summed E-state index contributed by atoms with van der Waals surface area (Å²) in [6, 6.07) is 7.82. The first-order valence-electron chi connectivity index (χ1n) is 5.12. The van der Waals surface area contributed by atoms with Crippen molar-refractivity contribution in [3.05, 3.63) is 29.3 Å². The van der Waals surface area contributed by atoms with E-state index in [0.29, 0.717) is 11.0 Å². The van der Waals surface area contributed by atoms with Crippen molar-refractivity contribution < 1.29 is 4.79 Å². The average Bonchev–Trinajstić information content (AvgIpc) is 2.53. The maximum atomic E-state index is 11.4. The largest absolute Gasteiger partial charge is 0.299 e. The van der Waals surface area contributed by atoms with Gasteiger partial charge in [-0.15, -0.1) is 11.8 Å². The number of ketones is 1. The summed E-state index contributed by atoms with van der Waals surface area (Å²) in [5, 5.41) is 1.19. The van der Waals surface area contributed by atoms with Gasteiger partial charge in [-0.3, -0.25) is 4.79 Å². The van der Waals surface area contributed by atoms with Crippen LogP contribution >= 0.6 is 23.4 Å². The van der Waals surface area contributed by atoms with Crippen LogP contribution < -0.4 is 0 Å². The zero-order chi connectivity index (χ0) is 10.8. The van der Waals surface area contributed by atoms with Crippen molar-refractivity contribution >= 4 is 29.1 Å². The predicted molar refractivity (Wildman–Crippen MR) is 64.5 cm³/mol. The van der Waals surface area contributed by atoms with Crippen LogP contribution in [0.1, 0.15) is 19.8 Å². The molecule has 2 rings (SSSR count). The van der Waals surface area contributed by atoms with Gasteiger partial charge in [-0.1, -0.05) is 30.7 Å². The molecule has 1 nitrogen and oxygen atoms in total. The third kappa shape index (κ3) is 2.37. The number of thioether (sulfide) groups is 1. The van der Waals surface area contributed by atoms with E-state index < -0.39 is 0 Å². The molecule has 0 N–H and O–H groups in total. The summed E-state index contributed by atoms with van der Waals surface area (Å²) < 4.78 is 0. The molecule has 1 saturated carbocycles. The molecule has 1 aliphatic carbocycles. The molecular weight excluding hydrogens is 228 g/mol. The number of carbonyl (C=O) groups is 1. The van der Waals surface area contributed by atoms with Crippen molar-refractivity contribution in [1.29, 1.82) is 0 Å². The first kappa shape index (κ1) is 11.0. The average molecular weight is 241 g/mol. The Kier molecular flexibility index (Phi) is 3.37. The monoisotopic (exact) mass is 240 g/mol. The van der Waals surface area contributed by atoms with Crippen LogP contribution in [-0.2, 0) is 4.79 Å². The third-order valence-corrected chi connectivity index (χ3v) is 4.85. The summed E-state index contributed by atoms with van der Waals surface area (Å²) in [6.45, 7) is 2.02. The normalized spacial score (nSPS) is 25.9. The van der Waals surface area contributed by atoms with Crippen LogP contribution in [0, 0.1) is 5.92 Å². The standard InChI is InChI=1S/C12H13ClOS/c1-8-10(14)6-7-11(8)15-12-5-3-2-4-9(12)13/h2-5,8,11H,6-7H2,1H3. The highest BCUT2D eigenvalue weighted by Crippen LogP contribution is 2.39. The van der Waals surface area contributed by atoms with Crippen LogP contribution in [0.3, 0.4) is 0 Å². The first-order chi connectivity index (χ1) is 7.18. The van der Waals surface area contributed by atoms with Crippen LogP contribution in [0.2, 0.25) is 5.02 Å². The highest BCUT2D eigenvalue weighted by molar-refractivity contribution is 8.00. The summed E-state index contributed by atoms with van der Waals surface area (Å²) >= 11 is 7.82. The molecule has 2 unspecified atom stereocenters. The minimum absolute atomic E-state index is 0.172. The highest BCUT2D eigenvalue weighted by Gasteiger charge is 2.31. The van der Waals surface area contributed by atoms with E-state index in [0.717, 1.165) is 22.8 Å². The van der Waals surface area contributed by atoms with E-state index in [1.165, 1.54) is 0 Å². The van der Waals surface area contributed by atoms with Crippen molar-refractivity contribution in [2.24, 2.45) is 5.92 Å². The lowest BCUT2D eigenvalue weighted by Gasteiger charge is -2.14. The van der Waals surface area contributed by atoms with Crippen molar-refractivity contribution in [2.75, 3.05) is 0 Å². The van der Waals surface area contributed by atoms with Crippen LogP contribution in [0.4, 0.5) is 0 Å². The molecule has 0 saturated heterocycles. The fourth-order valence-electron chi connectivity index (χ4n) is 1.83. The highest BCUT2D eigenvalue weighted by atomic mass is 35.5. The number of rotatable bonds is 2. The van der Waals surface area contributed by atoms with Gasteiger partial charge in [0, 0.05) is 22.5 Å². The van der Waals surface area contributed by atoms with Gasteiger partial charge in [0.1, 0.15) is 5.78 Å². The van der Waals surface area contributed by atoms with Crippen molar-refractivity contribution in [3.63, 3.8) is 0 Å². The number of hydrogen-bond donors (Lipinski definition) is 0. The van der Waals surface area contributed by atoms with E-state index in [2.05, 4.69) is 0 Å². The van der Waals surface area contributed by atoms with E-state index in [4.69, 9.17) is 11.6 Å². The Morgan fingerprint density at radius 3 is 2.73 bits per heavy atom. The quantitative estimate of drug-likeness (QED) is 0.782. The summed E-state index contributed by atoms with van der Waals surface area (Å²) in [4.78, 5) is 12.5. The number of benzene rings is 1. The molecule has 80 valence electrons. The van der Waals surface area contributed by atoms with Crippen LogP contribution in [0.25, 0.3) is 0 Å². The topological polar surface area (TPSA) is 17.1 Å². The van der Waals surface area contributed by atoms with Crippen molar-refractivity contribution in [2.45, 2.75) is 29.9 Å². The lowest BCUT2D eigenvalue weighted by Crippen LogP contribution is -2.11. The predicted octanol–water partition coefficient (Wildman–Crippen LogP) is 3.80. The lowest BCUT2D eigenvalue weighted by atomic mass is 10.1. The van der Waals surface area contributed by atoms with Gasteiger partial charge in [-0.05, 0) is 18.6 Å². The Bertz CT molecular complexity index is 378. The molecule has 1 aromatic carbocycles. The number of Topliss-reactive ketones (excluding diaryl/α,β-unsaturated/α-hetero) is 1. The van der Waals surface area contributed by atoms with E-state index in [1.807, 2.05) is 31.2 Å². The second kappa shape index (κ2) is 4.58. The molecule has 0 bridgehead atoms. The second-order valence-corrected chi connectivity index (χ2v) is 5.57. The molecule has 1 fully saturated rings. The number of halogens is 1. The fraction of sp³-hybridized carbons (Fsp3) is 0.417. The maximum absolute atomic E-state index is 11.4. The zero-order valence-corrected chi connectivity index (χ0v) is 10.1. The molecule has 1 aliphatic rings. The van der Waals surface area contributed by atoms with Crippen LogP contribution in [0.15, 0.2) is 29.2 Å². The maximum Gasteiger partial charge on any atom is 0.136 e. The van der Waals surface area contributed by atoms with Crippen molar-refractivity contribution in [1.82, 2.24) is 0 Å². The van der Waals surface area contributed by atoms with E-state index in [-0.39, 0.29) is 5.92 Å². The molecule has 0 radical (unpaired) electrons. The summed E-state index contributed by atoms with van der Waals surface area (Å²) in [6.07, 6.45) is 1.71. The Hall–Kier alpha value is -0.470.